The van der Waals surface area contributed by atoms with Gasteiger partial charge in [0.15, 0.2) is 0 Å². The second kappa shape index (κ2) is 6.76. The predicted octanol–water partition coefficient (Wildman–Crippen LogP) is 1.45. The number of hydrogen-bond acceptors (Lipinski definition) is 3. The number of alkyl halides is 3. The summed E-state index contributed by atoms with van der Waals surface area (Å²) in [5, 5.41) is 0. The smallest absolute Gasteiger partial charge is 0.368 e. The maximum Gasteiger partial charge on any atom is 0.406 e. The lowest BCUT2D eigenvalue weighted by molar-refractivity contribution is -0.159. The fourth-order valence-corrected chi connectivity index (χ4v) is 2.93. The Morgan fingerprint density at radius 3 is 2.67 bits per heavy atom. The number of amides is 2. The van der Waals surface area contributed by atoms with E-state index < -0.39 is 42.4 Å². The van der Waals surface area contributed by atoms with Gasteiger partial charge in [0.2, 0.25) is 11.8 Å². The number of halogens is 4. The van der Waals surface area contributed by atoms with Crippen LogP contribution in [0.15, 0.2) is 24.3 Å². The maximum atomic E-state index is 13.4. The number of hydrogen-bond donors (Lipinski definition) is 1. The molecule has 2 N–H and O–H groups in total. The molecule has 2 rings (SSSR count). The zero-order valence-corrected chi connectivity index (χ0v) is 12.9. The molecule has 5 nitrogen and oxygen atoms in total. The van der Waals surface area contributed by atoms with Crippen LogP contribution in [-0.4, -0.2) is 54.0 Å². The molecule has 0 aliphatic carbocycles. The Balaban J connectivity index is 2.21. The van der Waals surface area contributed by atoms with Crippen molar-refractivity contribution in [1.29, 1.82) is 0 Å². The Hall–Kier alpha value is -2.16. The van der Waals surface area contributed by atoms with Gasteiger partial charge in [-0.1, -0.05) is 12.1 Å². The molecule has 0 saturated carbocycles. The summed E-state index contributed by atoms with van der Waals surface area (Å²) in [7, 11) is 1.42. The summed E-state index contributed by atoms with van der Waals surface area (Å²) in [6.45, 7) is -1.40. The molecule has 1 saturated heterocycles. The quantitative estimate of drug-likeness (QED) is 0.820. The molecule has 0 unspecified atom stereocenters. The third-order valence-corrected chi connectivity index (χ3v) is 3.97. The second-order valence-corrected chi connectivity index (χ2v) is 5.70. The maximum absolute atomic E-state index is 13.4. The molecule has 24 heavy (non-hydrogen) atoms. The number of nitrogens with two attached hydrogens (primary N) is 1. The minimum atomic E-state index is -4.49. The van der Waals surface area contributed by atoms with Crippen molar-refractivity contribution in [3.63, 3.8) is 0 Å². The van der Waals surface area contributed by atoms with Crippen molar-refractivity contribution in [2.75, 3.05) is 20.1 Å². The summed E-state index contributed by atoms with van der Waals surface area (Å²) in [5.74, 6) is -2.12. The predicted molar refractivity (Wildman–Crippen MR) is 77.1 cm³/mol. The Kier molecular flexibility index (Phi) is 5.12. The highest BCUT2D eigenvalue weighted by atomic mass is 19.4. The molecule has 2 atom stereocenters. The average Bonchev–Trinajstić information content (AvgIpc) is 2.78. The summed E-state index contributed by atoms with van der Waals surface area (Å²) >= 11 is 0. The molecule has 1 fully saturated rings. The number of rotatable bonds is 5. The van der Waals surface area contributed by atoms with E-state index in [2.05, 4.69) is 0 Å². The summed E-state index contributed by atoms with van der Waals surface area (Å²) in [5.41, 5.74) is 5.60. The third-order valence-electron chi connectivity index (χ3n) is 3.97. The molecule has 0 radical (unpaired) electrons. The summed E-state index contributed by atoms with van der Waals surface area (Å²) < 4.78 is 50.8. The van der Waals surface area contributed by atoms with Crippen LogP contribution in [-0.2, 0) is 9.59 Å². The first-order valence-corrected chi connectivity index (χ1v) is 7.22. The molecule has 9 heteroatoms. The van der Waals surface area contributed by atoms with E-state index >= 15 is 0 Å². The standard InChI is InChI=1S/C15H17F4N3O2/c1-21(11-5-6-22(14(11)24)8-15(17,18)19)12(13(20)23)9-3-2-4-10(16)7-9/h2-4,7,11-12H,5-6,8H2,1H3,(H2,20,23)/t11-,12-/m0/s1. The first-order valence-electron chi connectivity index (χ1n) is 7.22. The van der Waals surface area contributed by atoms with E-state index in [1.165, 1.54) is 30.1 Å². The topological polar surface area (TPSA) is 66.6 Å². The molecule has 1 aliphatic rings. The van der Waals surface area contributed by atoms with Gasteiger partial charge in [0, 0.05) is 6.54 Å². The molecule has 0 aromatic heterocycles. The van der Waals surface area contributed by atoms with Crippen LogP contribution in [0.1, 0.15) is 18.0 Å². The van der Waals surface area contributed by atoms with Crippen molar-refractivity contribution < 1.29 is 27.2 Å². The van der Waals surface area contributed by atoms with Gasteiger partial charge >= 0.3 is 6.18 Å². The summed E-state index contributed by atoms with van der Waals surface area (Å²) in [4.78, 5) is 26.0. The number of carbonyl (C=O) groups is 2. The highest BCUT2D eigenvalue weighted by Gasteiger charge is 2.43. The highest BCUT2D eigenvalue weighted by molar-refractivity contribution is 5.86. The van der Waals surface area contributed by atoms with Crippen LogP contribution in [0.4, 0.5) is 17.6 Å². The number of likely N-dealkylation sites (N-methyl/N-ethyl adjacent to an activating group) is 1. The van der Waals surface area contributed by atoms with Crippen LogP contribution in [0.2, 0.25) is 0 Å². The van der Waals surface area contributed by atoms with Crippen LogP contribution in [0.25, 0.3) is 0 Å². The number of likely N-dealkylation sites (tertiary alicyclic amines) is 1. The Morgan fingerprint density at radius 1 is 1.46 bits per heavy atom. The van der Waals surface area contributed by atoms with Gasteiger partial charge in [-0.05, 0) is 31.2 Å². The molecular weight excluding hydrogens is 330 g/mol. The average molecular weight is 347 g/mol. The molecule has 1 aromatic rings. The first-order chi connectivity index (χ1) is 11.1. The monoisotopic (exact) mass is 347 g/mol. The zero-order chi connectivity index (χ0) is 18.1. The summed E-state index contributed by atoms with van der Waals surface area (Å²) in [6.07, 6.45) is -4.36. The van der Waals surface area contributed by atoms with E-state index in [9.17, 15) is 27.2 Å². The largest absolute Gasteiger partial charge is 0.406 e. The minimum Gasteiger partial charge on any atom is -0.368 e. The van der Waals surface area contributed by atoms with Crippen LogP contribution >= 0.6 is 0 Å². The Bertz CT molecular complexity index is 635. The molecule has 132 valence electrons. The molecule has 1 aliphatic heterocycles. The lowest BCUT2D eigenvalue weighted by atomic mass is 10.0. The van der Waals surface area contributed by atoms with Crippen LogP contribution in [0, 0.1) is 5.82 Å². The van der Waals surface area contributed by atoms with Crippen molar-refractivity contribution in [1.82, 2.24) is 9.80 Å². The van der Waals surface area contributed by atoms with Gasteiger partial charge in [-0.25, -0.2) is 4.39 Å². The fraction of sp³-hybridized carbons (Fsp3) is 0.467. The van der Waals surface area contributed by atoms with E-state index in [4.69, 9.17) is 5.73 Å². The van der Waals surface area contributed by atoms with Gasteiger partial charge in [0.1, 0.15) is 18.4 Å². The number of primary amides is 1. The van der Waals surface area contributed by atoms with Crippen molar-refractivity contribution in [3.05, 3.63) is 35.6 Å². The molecule has 1 aromatic carbocycles. The minimum absolute atomic E-state index is 0.0675. The van der Waals surface area contributed by atoms with E-state index in [1.807, 2.05) is 0 Å². The lowest BCUT2D eigenvalue weighted by Gasteiger charge is -2.30. The molecule has 0 spiro atoms. The van der Waals surface area contributed by atoms with E-state index in [0.29, 0.717) is 4.90 Å². The second-order valence-electron chi connectivity index (χ2n) is 5.70. The van der Waals surface area contributed by atoms with E-state index in [-0.39, 0.29) is 18.5 Å². The van der Waals surface area contributed by atoms with Crippen LogP contribution in [0.3, 0.4) is 0 Å². The molecule has 1 heterocycles. The van der Waals surface area contributed by atoms with Gasteiger partial charge in [0.05, 0.1) is 6.04 Å². The van der Waals surface area contributed by atoms with Gasteiger partial charge in [-0.2, -0.15) is 13.2 Å². The van der Waals surface area contributed by atoms with Crippen molar-refractivity contribution in [2.24, 2.45) is 5.73 Å². The lowest BCUT2D eigenvalue weighted by Crippen LogP contribution is -2.46. The van der Waals surface area contributed by atoms with E-state index in [0.717, 1.165) is 6.07 Å². The molecular formula is C15H17F4N3O2. The zero-order valence-electron chi connectivity index (χ0n) is 12.9. The Morgan fingerprint density at radius 2 is 2.12 bits per heavy atom. The number of carbonyl (C=O) groups excluding carboxylic acids is 2. The van der Waals surface area contributed by atoms with Gasteiger partial charge in [-0.15, -0.1) is 0 Å². The van der Waals surface area contributed by atoms with Crippen LogP contribution in [0.5, 0.6) is 0 Å². The van der Waals surface area contributed by atoms with Crippen molar-refractivity contribution in [3.8, 4) is 0 Å². The highest BCUT2D eigenvalue weighted by Crippen LogP contribution is 2.28. The normalized spacial score (nSPS) is 19.8. The van der Waals surface area contributed by atoms with E-state index in [1.54, 1.807) is 0 Å². The SMILES string of the molecule is CN([C@H](C(N)=O)c1cccc(F)c1)[C@H]1CCN(CC(F)(F)F)C1=O. The van der Waals surface area contributed by atoms with Crippen molar-refractivity contribution in [2.45, 2.75) is 24.7 Å². The first kappa shape index (κ1) is 18.2. The Labute approximate surface area is 136 Å². The molecule has 2 amide bonds. The number of benzene rings is 1. The van der Waals surface area contributed by atoms with Gasteiger partial charge < -0.3 is 10.6 Å². The number of nitrogens with zero attached hydrogens (tertiary/aromatic N) is 2. The fourth-order valence-electron chi connectivity index (χ4n) is 2.93. The van der Waals surface area contributed by atoms with Gasteiger partial charge in [-0.3, -0.25) is 14.5 Å². The summed E-state index contributed by atoms with van der Waals surface area (Å²) in [6, 6.07) is 3.13. The van der Waals surface area contributed by atoms with Gasteiger partial charge in [0.25, 0.3) is 0 Å². The van der Waals surface area contributed by atoms with Crippen LogP contribution < -0.4 is 5.73 Å². The third kappa shape index (κ3) is 4.02. The van der Waals surface area contributed by atoms with Crippen molar-refractivity contribution >= 4 is 11.8 Å². The molecule has 0 bridgehead atoms.